The molecule has 1 aromatic rings. The van der Waals surface area contributed by atoms with Gasteiger partial charge in [-0.1, -0.05) is 19.0 Å². The summed E-state index contributed by atoms with van der Waals surface area (Å²) < 4.78 is 13.1. The lowest BCUT2D eigenvalue weighted by atomic mass is 9.93. The Kier molecular flexibility index (Phi) is 4.86. The van der Waals surface area contributed by atoms with Gasteiger partial charge < -0.3 is 16.3 Å². The van der Waals surface area contributed by atoms with Crippen molar-refractivity contribution in [3.8, 4) is 0 Å². The van der Waals surface area contributed by atoms with Gasteiger partial charge in [0.05, 0.1) is 0 Å². The van der Waals surface area contributed by atoms with Crippen LogP contribution in [0.5, 0.6) is 0 Å². The zero-order valence-electron chi connectivity index (χ0n) is 11.1. The van der Waals surface area contributed by atoms with E-state index in [0.717, 1.165) is 0 Å². The van der Waals surface area contributed by atoms with Crippen molar-refractivity contribution in [2.45, 2.75) is 20.8 Å². The van der Waals surface area contributed by atoms with E-state index >= 15 is 0 Å². The Morgan fingerprint density at radius 1 is 1.47 bits per heavy atom. The Hall–Kier alpha value is -2.11. The average molecular weight is 267 g/mol. The molecule has 0 aliphatic heterocycles. The summed E-state index contributed by atoms with van der Waals surface area (Å²) in [5.74, 6) is -1.75. The molecule has 5 nitrogen and oxygen atoms in total. The second-order valence-electron chi connectivity index (χ2n) is 4.70. The van der Waals surface area contributed by atoms with Gasteiger partial charge in [0.15, 0.2) is 5.84 Å². The number of carbonyl (C=O) groups excluding carboxylic acids is 1. The largest absolute Gasteiger partial charge is 0.409 e. The topological polar surface area (TPSA) is 87.7 Å². The summed E-state index contributed by atoms with van der Waals surface area (Å²) in [4.78, 5) is 12.1. The number of carbonyl (C=O) groups is 1. The maximum atomic E-state index is 13.1. The van der Waals surface area contributed by atoms with Gasteiger partial charge in [-0.2, -0.15) is 0 Å². The van der Waals surface area contributed by atoms with Crippen LogP contribution in [-0.4, -0.2) is 17.0 Å². The van der Waals surface area contributed by atoms with E-state index in [1.54, 1.807) is 20.8 Å². The van der Waals surface area contributed by atoms with E-state index in [1.165, 1.54) is 18.2 Å². The van der Waals surface area contributed by atoms with Crippen molar-refractivity contribution in [2.24, 2.45) is 22.7 Å². The molecule has 0 aromatic heterocycles. The van der Waals surface area contributed by atoms with E-state index in [4.69, 9.17) is 10.9 Å². The summed E-state index contributed by atoms with van der Waals surface area (Å²) in [6.45, 7) is 5.19. The number of benzene rings is 1. The number of anilines is 1. The summed E-state index contributed by atoms with van der Waals surface area (Å²) >= 11 is 0. The van der Waals surface area contributed by atoms with Gasteiger partial charge >= 0.3 is 0 Å². The summed E-state index contributed by atoms with van der Waals surface area (Å²) in [6, 6.07) is 4.26. The van der Waals surface area contributed by atoms with Gasteiger partial charge in [-0.3, -0.25) is 4.79 Å². The summed E-state index contributed by atoms with van der Waals surface area (Å²) in [6.07, 6.45) is 0. The molecule has 4 N–H and O–H groups in total. The Labute approximate surface area is 111 Å². The minimum atomic E-state index is -0.740. The molecule has 0 bridgehead atoms. The highest BCUT2D eigenvalue weighted by atomic mass is 19.1. The quantitative estimate of drug-likeness (QED) is 0.338. The maximum Gasteiger partial charge on any atom is 0.235 e. The smallest absolute Gasteiger partial charge is 0.235 e. The van der Waals surface area contributed by atoms with Gasteiger partial charge in [-0.05, 0) is 36.6 Å². The molecule has 0 saturated heterocycles. The molecule has 0 aliphatic rings. The van der Waals surface area contributed by atoms with Crippen LogP contribution in [0.2, 0.25) is 0 Å². The Balaban J connectivity index is 2.90. The molecule has 0 fully saturated rings. The summed E-state index contributed by atoms with van der Waals surface area (Å²) in [5.41, 5.74) is 6.41. The van der Waals surface area contributed by atoms with Crippen LogP contribution in [0.1, 0.15) is 19.4 Å². The minimum absolute atomic E-state index is 0.127. The van der Waals surface area contributed by atoms with Crippen molar-refractivity contribution in [2.75, 3.05) is 5.32 Å². The fourth-order valence-electron chi connectivity index (χ4n) is 1.78. The first-order valence-corrected chi connectivity index (χ1v) is 5.91. The summed E-state index contributed by atoms with van der Waals surface area (Å²) in [5, 5.41) is 14.2. The van der Waals surface area contributed by atoms with Gasteiger partial charge in [0.2, 0.25) is 5.91 Å². The zero-order chi connectivity index (χ0) is 14.6. The van der Waals surface area contributed by atoms with Crippen molar-refractivity contribution in [3.05, 3.63) is 29.6 Å². The van der Waals surface area contributed by atoms with Crippen molar-refractivity contribution >= 4 is 17.4 Å². The number of amidine groups is 1. The van der Waals surface area contributed by atoms with Crippen LogP contribution in [0.25, 0.3) is 0 Å². The maximum absolute atomic E-state index is 13.1. The molecule has 1 rings (SSSR count). The number of nitrogens with one attached hydrogen (secondary N) is 1. The highest BCUT2D eigenvalue weighted by Crippen LogP contribution is 2.17. The number of rotatable bonds is 4. The summed E-state index contributed by atoms with van der Waals surface area (Å²) in [7, 11) is 0. The van der Waals surface area contributed by atoms with Gasteiger partial charge in [0, 0.05) is 5.69 Å². The average Bonchev–Trinajstić information content (AvgIpc) is 2.33. The number of hydrogen-bond donors (Lipinski definition) is 3. The molecule has 1 unspecified atom stereocenters. The minimum Gasteiger partial charge on any atom is -0.409 e. The van der Waals surface area contributed by atoms with Crippen LogP contribution in [0.3, 0.4) is 0 Å². The number of halogens is 1. The zero-order valence-corrected chi connectivity index (χ0v) is 11.1. The Bertz CT molecular complexity index is 501. The van der Waals surface area contributed by atoms with Crippen LogP contribution in [0, 0.1) is 24.6 Å². The number of hydrogen-bond acceptors (Lipinski definition) is 3. The van der Waals surface area contributed by atoms with E-state index in [1.807, 2.05) is 0 Å². The lowest BCUT2D eigenvalue weighted by molar-refractivity contribution is -0.119. The monoisotopic (exact) mass is 267 g/mol. The van der Waals surface area contributed by atoms with E-state index in [2.05, 4.69) is 10.5 Å². The van der Waals surface area contributed by atoms with E-state index in [-0.39, 0.29) is 17.6 Å². The molecule has 0 spiro atoms. The molecule has 0 radical (unpaired) electrons. The van der Waals surface area contributed by atoms with E-state index in [9.17, 15) is 9.18 Å². The first-order valence-electron chi connectivity index (χ1n) is 5.91. The second kappa shape index (κ2) is 6.17. The van der Waals surface area contributed by atoms with Crippen molar-refractivity contribution in [1.29, 1.82) is 0 Å². The highest BCUT2D eigenvalue weighted by molar-refractivity contribution is 6.07. The molecule has 0 heterocycles. The fraction of sp³-hybridized carbons (Fsp3) is 0.385. The first-order chi connectivity index (χ1) is 8.86. The van der Waals surface area contributed by atoms with Crippen LogP contribution < -0.4 is 11.1 Å². The number of nitrogens with two attached hydrogens (primary N) is 1. The SMILES string of the molecule is Cc1cc(NC(=O)C(C(N)=NO)C(C)C)ccc1F. The van der Waals surface area contributed by atoms with E-state index < -0.39 is 11.8 Å². The third kappa shape index (κ3) is 3.67. The van der Waals surface area contributed by atoms with Crippen LogP contribution in [0.15, 0.2) is 23.4 Å². The third-order valence-electron chi connectivity index (χ3n) is 2.81. The number of aryl methyl sites for hydroxylation is 1. The molecule has 1 aromatic carbocycles. The van der Waals surface area contributed by atoms with Crippen LogP contribution >= 0.6 is 0 Å². The van der Waals surface area contributed by atoms with Gasteiger partial charge in [0.1, 0.15) is 11.7 Å². The normalized spacial score (nSPS) is 13.4. The second-order valence-corrected chi connectivity index (χ2v) is 4.70. The van der Waals surface area contributed by atoms with Gasteiger partial charge in [-0.25, -0.2) is 4.39 Å². The number of amides is 1. The molecule has 19 heavy (non-hydrogen) atoms. The molecule has 1 amide bonds. The molecule has 6 heteroatoms. The molecule has 104 valence electrons. The standard InChI is InChI=1S/C13H18FN3O2/c1-7(2)11(12(15)17-19)13(18)16-9-4-5-10(14)8(3)6-9/h4-7,11,19H,1-3H3,(H2,15,17)(H,16,18). The Morgan fingerprint density at radius 3 is 2.58 bits per heavy atom. The molecule has 1 atom stereocenters. The predicted molar refractivity (Wildman–Crippen MR) is 71.5 cm³/mol. The molecular formula is C13H18FN3O2. The van der Waals surface area contributed by atoms with Crippen LogP contribution in [-0.2, 0) is 4.79 Å². The predicted octanol–water partition coefficient (Wildman–Crippen LogP) is 2.09. The van der Waals surface area contributed by atoms with E-state index in [0.29, 0.717) is 11.3 Å². The van der Waals surface area contributed by atoms with Gasteiger partial charge in [0.25, 0.3) is 0 Å². The number of oxime groups is 1. The lowest BCUT2D eigenvalue weighted by Gasteiger charge is -2.18. The Morgan fingerprint density at radius 2 is 2.11 bits per heavy atom. The fourth-order valence-corrected chi connectivity index (χ4v) is 1.78. The lowest BCUT2D eigenvalue weighted by Crippen LogP contribution is -2.38. The molecule has 0 saturated carbocycles. The third-order valence-corrected chi connectivity index (χ3v) is 2.81. The van der Waals surface area contributed by atoms with Crippen LogP contribution in [0.4, 0.5) is 10.1 Å². The first kappa shape index (κ1) is 14.9. The van der Waals surface area contributed by atoms with Crippen molar-refractivity contribution in [3.63, 3.8) is 0 Å². The van der Waals surface area contributed by atoms with Crippen molar-refractivity contribution < 1.29 is 14.4 Å². The molecular weight excluding hydrogens is 249 g/mol. The van der Waals surface area contributed by atoms with Crippen molar-refractivity contribution in [1.82, 2.24) is 0 Å². The molecule has 0 aliphatic carbocycles. The highest BCUT2D eigenvalue weighted by Gasteiger charge is 2.26. The number of nitrogens with zero attached hydrogens (tertiary/aromatic N) is 1. The van der Waals surface area contributed by atoms with Gasteiger partial charge in [-0.15, -0.1) is 0 Å².